The molecule has 5 nitrogen and oxygen atoms in total. The Labute approximate surface area is 110 Å². The highest BCUT2D eigenvalue weighted by atomic mass is 32.2. The lowest BCUT2D eigenvalue weighted by molar-refractivity contribution is -0.567. The predicted octanol–water partition coefficient (Wildman–Crippen LogP) is 1.19. The molecule has 0 fully saturated rings. The van der Waals surface area contributed by atoms with Crippen molar-refractivity contribution in [1.82, 2.24) is 5.32 Å². The van der Waals surface area contributed by atoms with Gasteiger partial charge in [-0.1, -0.05) is 13.0 Å². The highest BCUT2D eigenvalue weighted by Crippen LogP contribution is 1.83. The van der Waals surface area contributed by atoms with E-state index in [0.29, 0.717) is 6.42 Å². The van der Waals surface area contributed by atoms with Crippen LogP contribution in [0, 0.1) is 0 Å². The van der Waals surface area contributed by atoms with Gasteiger partial charge in [0.15, 0.2) is 18.6 Å². The van der Waals surface area contributed by atoms with E-state index in [9.17, 15) is 8.42 Å². The first-order valence-corrected chi connectivity index (χ1v) is 7.14. The third kappa shape index (κ3) is 17.2. The fraction of sp³-hybridized carbons (Fsp3) is 0.417. The number of nitrogens with one attached hydrogen (secondary N) is 1. The van der Waals surface area contributed by atoms with E-state index in [2.05, 4.69) is 11.9 Å². The Morgan fingerprint density at radius 2 is 1.72 bits per heavy atom. The molecule has 0 amide bonds. The van der Waals surface area contributed by atoms with Gasteiger partial charge in [-0.25, -0.2) is 0 Å². The van der Waals surface area contributed by atoms with Crippen LogP contribution in [0.15, 0.2) is 37.2 Å². The van der Waals surface area contributed by atoms with Crippen molar-refractivity contribution in [1.29, 1.82) is 0 Å². The van der Waals surface area contributed by atoms with Gasteiger partial charge in [-0.15, -0.1) is 0 Å². The molecular weight excluding hydrogens is 252 g/mol. The van der Waals surface area contributed by atoms with Crippen LogP contribution in [0.3, 0.4) is 0 Å². The Bertz CT molecular complexity index is 391. The van der Waals surface area contributed by atoms with Crippen LogP contribution in [0.5, 0.6) is 0 Å². The molecule has 0 aliphatic carbocycles. The molecule has 1 aromatic heterocycles. The second kappa shape index (κ2) is 12.2. The van der Waals surface area contributed by atoms with E-state index in [1.54, 1.807) is 13.1 Å². The number of hydrogen-bond acceptors (Lipinski definition) is 3. The van der Waals surface area contributed by atoms with Crippen LogP contribution < -0.4 is 9.88 Å². The Morgan fingerprint density at radius 3 is 1.89 bits per heavy atom. The summed E-state index contributed by atoms with van der Waals surface area (Å²) in [6.07, 6.45) is 6.10. The van der Waals surface area contributed by atoms with Gasteiger partial charge in [-0.2, -0.15) is 13.0 Å². The lowest BCUT2D eigenvalue weighted by Crippen LogP contribution is -2.22. The molecule has 1 aromatic rings. The fourth-order valence-corrected chi connectivity index (χ4v) is 1.31. The molecule has 0 spiro atoms. The largest absolute Gasteiger partial charge is 0.323 e. The van der Waals surface area contributed by atoms with E-state index in [4.69, 9.17) is 4.55 Å². The molecule has 1 heterocycles. The van der Waals surface area contributed by atoms with Gasteiger partial charge in [0.05, 0.1) is 5.75 Å². The Hall–Kier alpha value is -1.24. The van der Waals surface area contributed by atoms with Crippen LogP contribution in [0.2, 0.25) is 0 Å². The molecule has 0 atom stereocenters. The van der Waals surface area contributed by atoms with E-state index in [-0.39, 0.29) is 5.75 Å². The van der Waals surface area contributed by atoms with Crippen LogP contribution in [-0.4, -0.2) is 32.8 Å². The number of hydrogen-bond donors (Lipinski definition) is 2. The minimum absolute atomic E-state index is 0.132. The predicted molar refractivity (Wildman–Crippen MR) is 74.7 cm³/mol. The fourth-order valence-electron chi connectivity index (χ4n) is 0.792. The molecular formula is C12H23N2O3S+. The minimum Gasteiger partial charge on any atom is -0.323 e. The van der Waals surface area contributed by atoms with Crippen LogP contribution in [0.25, 0.3) is 6.20 Å². The maximum atomic E-state index is 9.79. The summed E-state index contributed by atoms with van der Waals surface area (Å²) in [5, 5.41) is 2.75. The van der Waals surface area contributed by atoms with Gasteiger partial charge in [0.1, 0.15) is 0 Å². The third-order valence-corrected chi connectivity index (χ3v) is 2.34. The van der Waals surface area contributed by atoms with Crippen molar-refractivity contribution in [3.63, 3.8) is 0 Å². The Kier molecular flexibility index (Phi) is 13.0. The monoisotopic (exact) mass is 275 g/mol. The normalized spacial score (nSPS) is 9.33. The second-order valence-electron chi connectivity index (χ2n) is 3.29. The average molecular weight is 275 g/mol. The molecule has 1 rings (SSSR count). The maximum absolute atomic E-state index is 9.79. The first-order chi connectivity index (χ1) is 8.41. The molecule has 18 heavy (non-hydrogen) atoms. The highest BCUT2D eigenvalue weighted by molar-refractivity contribution is 7.85. The van der Waals surface area contributed by atoms with Crippen LogP contribution in [0.1, 0.15) is 13.3 Å². The van der Waals surface area contributed by atoms with E-state index in [0.717, 1.165) is 0 Å². The second-order valence-corrected chi connectivity index (χ2v) is 4.86. The number of pyridine rings is 1. The van der Waals surface area contributed by atoms with Gasteiger partial charge in [0.2, 0.25) is 0 Å². The molecule has 0 aliphatic heterocycles. The molecule has 0 radical (unpaired) electrons. The third-order valence-electron chi connectivity index (χ3n) is 1.41. The first kappa shape index (κ1) is 19.1. The summed E-state index contributed by atoms with van der Waals surface area (Å²) >= 11 is 0. The molecule has 0 aliphatic rings. The van der Waals surface area contributed by atoms with Gasteiger partial charge >= 0.3 is 0 Å². The Morgan fingerprint density at radius 1 is 1.28 bits per heavy atom. The minimum atomic E-state index is -3.67. The topological polar surface area (TPSA) is 70.3 Å². The molecule has 0 unspecified atom stereocenters. The van der Waals surface area contributed by atoms with Crippen molar-refractivity contribution >= 4 is 16.3 Å². The summed E-state index contributed by atoms with van der Waals surface area (Å²) in [4.78, 5) is 0. The lowest BCUT2D eigenvalue weighted by atomic mass is 10.5. The van der Waals surface area contributed by atoms with Gasteiger partial charge in [-0.05, 0) is 27.1 Å². The van der Waals surface area contributed by atoms with E-state index in [1.165, 1.54) is 0 Å². The molecule has 2 N–H and O–H groups in total. The van der Waals surface area contributed by atoms with Gasteiger partial charge in [0.25, 0.3) is 10.1 Å². The van der Waals surface area contributed by atoms with Crippen molar-refractivity contribution in [2.45, 2.75) is 13.3 Å². The van der Waals surface area contributed by atoms with Crippen LogP contribution in [0.4, 0.5) is 0 Å². The van der Waals surface area contributed by atoms with Crippen molar-refractivity contribution in [3.05, 3.63) is 37.2 Å². The summed E-state index contributed by atoms with van der Waals surface area (Å²) in [5.74, 6) is -0.132. The van der Waals surface area contributed by atoms with Crippen molar-refractivity contribution < 1.29 is 17.5 Å². The molecule has 0 saturated carbocycles. The molecule has 104 valence electrons. The number of nitrogens with zero attached hydrogens (tertiary/aromatic N) is 1. The van der Waals surface area contributed by atoms with Crippen LogP contribution in [-0.2, 0) is 10.1 Å². The van der Waals surface area contributed by atoms with E-state index >= 15 is 0 Å². The summed E-state index contributed by atoms with van der Waals surface area (Å²) in [7, 11) is 0.0758. The maximum Gasteiger partial charge on any atom is 0.264 e. The SMILES string of the molecule is C=C[n+]1ccccc1.CCCS(=O)(=O)O.CNC. The van der Waals surface area contributed by atoms with Crippen molar-refractivity contribution in [3.8, 4) is 0 Å². The zero-order valence-corrected chi connectivity index (χ0v) is 12.0. The quantitative estimate of drug-likeness (QED) is 0.642. The van der Waals surface area contributed by atoms with E-state index < -0.39 is 10.1 Å². The lowest BCUT2D eigenvalue weighted by Gasteiger charge is -1.85. The Balaban J connectivity index is 0. The van der Waals surface area contributed by atoms with Gasteiger partial charge in [-0.3, -0.25) is 4.55 Å². The van der Waals surface area contributed by atoms with Gasteiger partial charge < -0.3 is 5.32 Å². The summed E-state index contributed by atoms with van der Waals surface area (Å²) in [6.45, 7) is 5.28. The highest BCUT2D eigenvalue weighted by Gasteiger charge is 1.98. The zero-order valence-electron chi connectivity index (χ0n) is 11.2. The van der Waals surface area contributed by atoms with Crippen molar-refractivity contribution in [2.24, 2.45) is 0 Å². The average Bonchev–Trinajstić information content (AvgIpc) is 2.30. The first-order valence-electron chi connectivity index (χ1n) is 5.53. The zero-order chi connectivity index (χ0) is 14.4. The molecule has 0 bridgehead atoms. The standard InChI is InChI=1S/C7H8N.C3H8O3S.C2H7N/c1-2-8-6-4-3-5-7-8;1-2-3-7(4,5)6;1-3-2/h2-7H,1H2;2-3H2,1H3,(H,4,5,6);3H,1-2H3/q+1;;. The molecule has 6 heteroatoms. The van der Waals surface area contributed by atoms with Crippen molar-refractivity contribution in [2.75, 3.05) is 19.8 Å². The molecule has 0 aromatic carbocycles. The summed E-state index contributed by atoms with van der Waals surface area (Å²) < 4.78 is 29.5. The molecule has 0 saturated heterocycles. The smallest absolute Gasteiger partial charge is 0.264 e. The van der Waals surface area contributed by atoms with Gasteiger partial charge in [0, 0.05) is 12.1 Å². The van der Waals surface area contributed by atoms with Crippen LogP contribution >= 0.6 is 0 Å². The summed E-state index contributed by atoms with van der Waals surface area (Å²) in [5.41, 5.74) is 0. The summed E-state index contributed by atoms with van der Waals surface area (Å²) in [6, 6.07) is 5.89. The number of aromatic nitrogens is 1. The van der Waals surface area contributed by atoms with E-state index in [1.807, 2.05) is 49.3 Å². The number of rotatable bonds is 3.